The number of aromatic nitrogens is 3. The molecule has 0 saturated heterocycles. The Bertz CT molecular complexity index is 440. The van der Waals surface area contributed by atoms with Gasteiger partial charge in [-0.25, -0.2) is 4.68 Å². The number of hydrogen-bond donors (Lipinski definition) is 2. The first kappa shape index (κ1) is 10.8. The van der Waals surface area contributed by atoms with Crippen molar-refractivity contribution in [3.8, 4) is 5.69 Å². The zero-order valence-corrected chi connectivity index (χ0v) is 8.82. The van der Waals surface area contributed by atoms with E-state index in [1.807, 2.05) is 36.5 Å². The number of benzene rings is 1. The predicted octanol–water partition coefficient (Wildman–Crippen LogP) is 0.129. The molecule has 2 aromatic rings. The molecule has 0 radical (unpaired) electrons. The lowest BCUT2D eigenvalue weighted by Crippen LogP contribution is -2.26. The van der Waals surface area contributed by atoms with Crippen molar-refractivity contribution in [2.24, 2.45) is 5.73 Å². The lowest BCUT2D eigenvalue weighted by atomic mass is 10.2. The molecule has 1 unspecified atom stereocenters. The van der Waals surface area contributed by atoms with Gasteiger partial charge in [-0.05, 0) is 12.1 Å². The van der Waals surface area contributed by atoms with Crippen LogP contribution in [0.1, 0.15) is 5.69 Å². The molecule has 0 saturated carbocycles. The Hall–Kier alpha value is -1.72. The number of aliphatic hydroxyl groups is 1. The van der Waals surface area contributed by atoms with Gasteiger partial charge in [-0.2, -0.15) is 0 Å². The summed E-state index contributed by atoms with van der Waals surface area (Å²) in [6.07, 6.45) is 2.36. The maximum absolute atomic E-state index is 8.84. The number of nitrogens with two attached hydrogens (primary N) is 1. The zero-order valence-electron chi connectivity index (χ0n) is 8.82. The fourth-order valence-electron chi connectivity index (χ4n) is 1.43. The van der Waals surface area contributed by atoms with Gasteiger partial charge < -0.3 is 10.8 Å². The Morgan fingerprint density at radius 2 is 2.06 bits per heavy atom. The first-order chi connectivity index (χ1) is 7.79. The number of para-hydroxylation sites is 1. The summed E-state index contributed by atoms with van der Waals surface area (Å²) in [7, 11) is 0. The Kier molecular flexibility index (Phi) is 3.28. The van der Waals surface area contributed by atoms with Gasteiger partial charge in [0.2, 0.25) is 0 Å². The van der Waals surface area contributed by atoms with E-state index >= 15 is 0 Å². The summed E-state index contributed by atoms with van der Waals surface area (Å²) in [5.74, 6) is 0. The molecule has 0 amide bonds. The third kappa shape index (κ3) is 2.44. The van der Waals surface area contributed by atoms with Gasteiger partial charge in [-0.1, -0.05) is 23.4 Å². The molecule has 1 heterocycles. The van der Waals surface area contributed by atoms with Crippen molar-refractivity contribution >= 4 is 0 Å². The molecule has 3 N–H and O–H groups in total. The van der Waals surface area contributed by atoms with Gasteiger partial charge in [0.1, 0.15) is 0 Å². The van der Waals surface area contributed by atoms with Crippen LogP contribution in [0.3, 0.4) is 0 Å². The van der Waals surface area contributed by atoms with E-state index in [4.69, 9.17) is 10.8 Å². The van der Waals surface area contributed by atoms with E-state index in [-0.39, 0.29) is 12.6 Å². The summed E-state index contributed by atoms with van der Waals surface area (Å²) >= 11 is 0. The van der Waals surface area contributed by atoms with Gasteiger partial charge in [0, 0.05) is 12.5 Å². The SMILES string of the molecule is NC(CO)Cc1cn(-c2ccccc2)nn1. The van der Waals surface area contributed by atoms with E-state index in [0.29, 0.717) is 6.42 Å². The Labute approximate surface area is 93.5 Å². The molecule has 16 heavy (non-hydrogen) atoms. The average molecular weight is 218 g/mol. The van der Waals surface area contributed by atoms with Gasteiger partial charge in [0.25, 0.3) is 0 Å². The van der Waals surface area contributed by atoms with Crippen LogP contribution in [0.2, 0.25) is 0 Å². The molecule has 2 rings (SSSR count). The molecule has 5 nitrogen and oxygen atoms in total. The number of hydrogen-bond acceptors (Lipinski definition) is 4. The highest BCUT2D eigenvalue weighted by Gasteiger charge is 2.07. The molecule has 0 spiro atoms. The van der Waals surface area contributed by atoms with Crippen molar-refractivity contribution in [1.29, 1.82) is 0 Å². The zero-order chi connectivity index (χ0) is 11.4. The van der Waals surface area contributed by atoms with Crippen molar-refractivity contribution in [1.82, 2.24) is 15.0 Å². The smallest absolute Gasteiger partial charge is 0.0848 e. The standard InChI is InChI=1S/C11H14N4O/c12-9(8-16)6-10-7-15(14-13-10)11-4-2-1-3-5-11/h1-5,7,9,16H,6,8,12H2. The largest absolute Gasteiger partial charge is 0.395 e. The Morgan fingerprint density at radius 1 is 1.31 bits per heavy atom. The molecule has 0 bridgehead atoms. The van der Waals surface area contributed by atoms with Crippen molar-refractivity contribution < 1.29 is 5.11 Å². The predicted molar refractivity (Wildman–Crippen MR) is 60.1 cm³/mol. The second kappa shape index (κ2) is 4.87. The lowest BCUT2D eigenvalue weighted by molar-refractivity contribution is 0.264. The van der Waals surface area contributed by atoms with Crippen LogP contribution in [0.5, 0.6) is 0 Å². The van der Waals surface area contributed by atoms with Gasteiger partial charge in [-0.15, -0.1) is 5.10 Å². The van der Waals surface area contributed by atoms with E-state index in [0.717, 1.165) is 11.4 Å². The van der Waals surface area contributed by atoms with Crippen LogP contribution in [0.15, 0.2) is 36.5 Å². The normalized spacial score (nSPS) is 12.6. The number of rotatable bonds is 4. The van der Waals surface area contributed by atoms with Crippen LogP contribution in [0, 0.1) is 0 Å². The molecule has 1 aromatic carbocycles. The number of aliphatic hydroxyl groups excluding tert-OH is 1. The van der Waals surface area contributed by atoms with Gasteiger partial charge in [0.15, 0.2) is 0 Å². The summed E-state index contributed by atoms with van der Waals surface area (Å²) in [5, 5.41) is 16.8. The average Bonchev–Trinajstić information content (AvgIpc) is 2.78. The Balaban J connectivity index is 2.14. The van der Waals surface area contributed by atoms with Crippen molar-refractivity contribution in [2.45, 2.75) is 12.5 Å². The summed E-state index contributed by atoms with van der Waals surface area (Å²) in [5.41, 5.74) is 7.37. The molecule has 0 aliphatic heterocycles. The van der Waals surface area contributed by atoms with Crippen LogP contribution < -0.4 is 5.73 Å². The van der Waals surface area contributed by atoms with Gasteiger partial charge in [0.05, 0.1) is 24.2 Å². The highest BCUT2D eigenvalue weighted by molar-refractivity contribution is 5.29. The topological polar surface area (TPSA) is 77.0 Å². The third-order valence-electron chi connectivity index (χ3n) is 2.27. The molecular weight excluding hydrogens is 204 g/mol. The molecule has 0 aliphatic carbocycles. The van der Waals surface area contributed by atoms with Crippen molar-refractivity contribution in [3.63, 3.8) is 0 Å². The van der Waals surface area contributed by atoms with Crippen LogP contribution >= 0.6 is 0 Å². The summed E-state index contributed by atoms with van der Waals surface area (Å²) in [6.45, 7) is -0.0435. The maximum Gasteiger partial charge on any atom is 0.0848 e. The minimum atomic E-state index is -0.277. The summed E-state index contributed by atoms with van der Waals surface area (Å²) < 4.78 is 1.69. The molecule has 1 aromatic heterocycles. The van der Waals surface area contributed by atoms with Crippen molar-refractivity contribution in [3.05, 3.63) is 42.2 Å². The van der Waals surface area contributed by atoms with Crippen LogP contribution in [-0.4, -0.2) is 32.7 Å². The highest BCUT2D eigenvalue weighted by atomic mass is 16.3. The van der Waals surface area contributed by atoms with Gasteiger partial charge in [-0.3, -0.25) is 0 Å². The molecule has 84 valence electrons. The fourth-order valence-corrected chi connectivity index (χ4v) is 1.43. The quantitative estimate of drug-likeness (QED) is 0.764. The second-order valence-corrected chi connectivity index (χ2v) is 3.64. The summed E-state index contributed by atoms with van der Waals surface area (Å²) in [6, 6.07) is 9.45. The van der Waals surface area contributed by atoms with Gasteiger partial charge >= 0.3 is 0 Å². The minimum absolute atomic E-state index is 0.0435. The monoisotopic (exact) mass is 218 g/mol. The molecule has 0 fully saturated rings. The molecule has 5 heteroatoms. The van der Waals surface area contributed by atoms with Crippen LogP contribution in [0.25, 0.3) is 5.69 Å². The highest BCUT2D eigenvalue weighted by Crippen LogP contribution is 2.06. The first-order valence-electron chi connectivity index (χ1n) is 5.12. The summed E-state index contributed by atoms with van der Waals surface area (Å²) in [4.78, 5) is 0. The molecule has 0 aliphatic rings. The van der Waals surface area contributed by atoms with E-state index in [1.165, 1.54) is 0 Å². The van der Waals surface area contributed by atoms with E-state index < -0.39 is 0 Å². The molecule has 1 atom stereocenters. The molecular formula is C11H14N4O. The van der Waals surface area contributed by atoms with Crippen molar-refractivity contribution in [2.75, 3.05) is 6.61 Å². The maximum atomic E-state index is 8.84. The van der Waals surface area contributed by atoms with Crippen LogP contribution in [0.4, 0.5) is 0 Å². The second-order valence-electron chi connectivity index (χ2n) is 3.64. The lowest BCUT2D eigenvalue weighted by Gasteiger charge is -2.03. The number of nitrogens with zero attached hydrogens (tertiary/aromatic N) is 3. The van der Waals surface area contributed by atoms with E-state index in [9.17, 15) is 0 Å². The van der Waals surface area contributed by atoms with E-state index in [2.05, 4.69) is 10.3 Å². The first-order valence-corrected chi connectivity index (χ1v) is 5.12. The fraction of sp³-hybridized carbons (Fsp3) is 0.273. The van der Waals surface area contributed by atoms with E-state index in [1.54, 1.807) is 4.68 Å². The Morgan fingerprint density at radius 3 is 2.75 bits per heavy atom. The third-order valence-corrected chi connectivity index (χ3v) is 2.27. The minimum Gasteiger partial charge on any atom is -0.395 e. The van der Waals surface area contributed by atoms with Crippen LogP contribution in [-0.2, 0) is 6.42 Å².